The summed E-state index contributed by atoms with van der Waals surface area (Å²) in [6, 6.07) is 20.2. The van der Waals surface area contributed by atoms with Gasteiger partial charge in [0.25, 0.3) is 5.91 Å². The van der Waals surface area contributed by atoms with E-state index in [9.17, 15) is 9.59 Å². The molecular formula is C24H19N5O2. The van der Waals surface area contributed by atoms with Crippen LogP contribution in [0.5, 0.6) is 0 Å². The lowest BCUT2D eigenvalue weighted by atomic mass is 9.89. The van der Waals surface area contributed by atoms with Crippen molar-refractivity contribution in [2.45, 2.75) is 12.5 Å². The molecular weight excluding hydrogens is 390 g/mol. The van der Waals surface area contributed by atoms with Crippen molar-refractivity contribution in [1.82, 2.24) is 14.5 Å². The summed E-state index contributed by atoms with van der Waals surface area (Å²) < 4.78 is 1.99. The summed E-state index contributed by atoms with van der Waals surface area (Å²) in [7, 11) is 1.95. The van der Waals surface area contributed by atoms with Crippen LogP contribution in [-0.2, 0) is 18.4 Å². The number of amides is 2. The Morgan fingerprint density at radius 3 is 2.58 bits per heavy atom. The minimum atomic E-state index is -0.675. The highest BCUT2D eigenvalue weighted by atomic mass is 16.2. The molecule has 152 valence electrons. The van der Waals surface area contributed by atoms with Gasteiger partial charge >= 0.3 is 0 Å². The molecule has 0 saturated carbocycles. The standard InChI is InChI=1S/C24H19N5O2/c1-28-20-11-5-4-10-19(20)27-22(28)15-25-14-18-16-8-2-3-9-17(16)23(30)29(24(18)31)21-12-6-7-13-26-21/h2-14,18H,15H2,1H3. The maximum absolute atomic E-state index is 13.3. The van der Waals surface area contributed by atoms with Gasteiger partial charge in [-0.25, -0.2) is 14.9 Å². The van der Waals surface area contributed by atoms with Gasteiger partial charge in [-0.1, -0.05) is 36.4 Å². The van der Waals surface area contributed by atoms with Gasteiger partial charge in [0.2, 0.25) is 5.91 Å². The van der Waals surface area contributed by atoms with Crippen LogP contribution in [0.25, 0.3) is 11.0 Å². The molecule has 1 aliphatic heterocycles. The van der Waals surface area contributed by atoms with E-state index in [1.165, 1.54) is 0 Å². The average molecular weight is 409 g/mol. The van der Waals surface area contributed by atoms with Crippen LogP contribution in [0.15, 0.2) is 77.9 Å². The van der Waals surface area contributed by atoms with Crippen molar-refractivity contribution in [3.8, 4) is 0 Å². The number of aryl methyl sites for hydroxylation is 1. The summed E-state index contributed by atoms with van der Waals surface area (Å²) in [5, 5.41) is 0. The van der Waals surface area contributed by atoms with Crippen molar-refractivity contribution in [3.05, 3.63) is 89.9 Å². The molecule has 2 amide bonds. The van der Waals surface area contributed by atoms with Crippen molar-refractivity contribution < 1.29 is 9.59 Å². The van der Waals surface area contributed by atoms with E-state index in [1.54, 1.807) is 48.8 Å². The number of aliphatic imine (C=N–C) groups is 1. The Kier molecular flexibility index (Phi) is 4.63. The average Bonchev–Trinajstić information content (AvgIpc) is 3.12. The predicted octanol–water partition coefficient (Wildman–Crippen LogP) is 3.51. The fraction of sp³-hybridized carbons (Fsp3) is 0.125. The predicted molar refractivity (Wildman–Crippen MR) is 118 cm³/mol. The molecule has 4 aromatic rings. The van der Waals surface area contributed by atoms with E-state index in [-0.39, 0.29) is 11.8 Å². The monoisotopic (exact) mass is 409 g/mol. The Hall–Kier alpha value is -4.13. The van der Waals surface area contributed by atoms with E-state index >= 15 is 0 Å². The maximum Gasteiger partial charge on any atom is 0.266 e. The van der Waals surface area contributed by atoms with E-state index < -0.39 is 5.92 Å². The summed E-state index contributed by atoms with van der Waals surface area (Å²) in [5.41, 5.74) is 3.06. The number of nitrogens with zero attached hydrogens (tertiary/aromatic N) is 5. The number of hydrogen-bond acceptors (Lipinski definition) is 5. The highest BCUT2D eigenvalue weighted by molar-refractivity contribution is 6.28. The molecule has 2 aromatic heterocycles. The Bertz CT molecular complexity index is 1330. The number of anilines is 1. The highest BCUT2D eigenvalue weighted by Gasteiger charge is 2.39. The minimum Gasteiger partial charge on any atom is -0.330 e. The number of aromatic nitrogens is 3. The largest absolute Gasteiger partial charge is 0.330 e. The number of rotatable bonds is 4. The summed E-state index contributed by atoms with van der Waals surface area (Å²) in [4.78, 5) is 40.8. The van der Waals surface area contributed by atoms with Crippen LogP contribution >= 0.6 is 0 Å². The number of carbonyl (C=O) groups is 2. The van der Waals surface area contributed by atoms with Crippen LogP contribution in [0.1, 0.15) is 27.7 Å². The third-order valence-electron chi connectivity index (χ3n) is 5.46. The lowest BCUT2D eigenvalue weighted by molar-refractivity contribution is -0.118. The normalized spacial score (nSPS) is 16.3. The van der Waals surface area contributed by atoms with Crippen molar-refractivity contribution in [1.29, 1.82) is 0 Å². The Morgan fingerprint density at radius 1 is 1.00 bits per heavy atom. The molecule has 7 nitrogen and oxygen atoms in total. The van der Waals surface area contributed by atoms with Crippen LogP contribution in [-0.4, -0.2) is 32.6 Å². The number of carbonyl (C=O) groups excluding carboxylic acids is 2. The molecule has 0 N–H and O–H groups in total. The lowest BCUT2D eigenvalue weighted by Crippen LogP contribution is -2.45. The van der Waals surface area contributed by atoms with Gasteiger partial charge in [0.15, 0.2) is 0 Å². The Morgan fingerprint density at radius 2 is 1.77 bits per heavy atom. The van der Waals surface area contributed by atoms with Gasteiger partial charge < -0.3 is 4.57 Å². The van der Waals surface area contributed by atoms with Crippen LogP contribution in [0.2, 0.25) is 0 Å². The van der Waals surface area contributed by atoms with Gasteiger partial charge in [-0.2, -0.15) is 0 Å². The van der Waals surface area contributed by atoms with E-state index in [0.717, 1.165) is 21.8 Å². The molecule has 0 aliphatic carbocycles. The van der Waals surface area contributed by atoms with Crippen LogP contribution in [0, 0.1) is 0 Å². The van der Waals surface area contributed by atoms with Crippen LogP contribution in [0.4, 0.5) is 5.82 Å². The topological polar surface area (TPSA) is 80.5 Å². The number of pyridine rings is 1. The van der Waals surface area contributed by atoms with E-state index in [2.05, 4.69) is 15.0 Å². The van der Waals surface area contributed by atoms with Gasteiger partial charge in [0, 0.05) is 25.0 Å². The number of fused-ring (bicyclic) bond motifs is 2. The van der Waals surface area contributed by atoms with Gasteiger partial charge in [-0.05, 0) is 35.9 Å². The van der Waals surface area contributed by atoms with Crippen LogP contribution in [0.3, 0.4) is 0 Å². The minimum absolute atomic E-state index is 0.306. The fourth-order valence-electron chi connectivity index (χ4n) is 3.88. The molecule has 0 bridgehead atoms. The molecule has 1 aliphatic rings. The first kappa shape index (κ1) is 18.9. The molecule has 31 heavy (non-hydrogen) atoms. The Labute approximate surface area is 178 Å². The van der Waals surface area contributed by atoms with Gasteiger partial charge in [0.1, 0.15) is 11.6 Å². The van der Waals surface area contributed by atoms with E-state index in [4.69, 9.17) is 0 Å². The second-order valence-corrected chi connectivity index (χ2v) is 7.30. The van der Waals surface area contributed by atoms with Gasteiger partial charge in [-0.3, -0.25) is 14.6 Å². The second-order valence-electron chi connectivity index (χ2n) is 7.30. The zero-order valence-corrected chi connectivity index (χ0v) is 16.8. The molecule has 0 spiro atoms. The summed E-state index contributed by atoms with van der Waals surface area (Å²) in [5.74, 6) is -0.312. The third kappa shape index (κ3) is 3.20. The number of benzene rings is 2. The molecule has 5 rings (SSSR count). The Balaban J connectivity index is 1.49. The molecule has 1 atom stereocenters. The molecule has 0 fully saturated rings. The fourth-order valence-corrected chi connectivity index (χ4v) is 3.88. The summed E-state index contributed by atoms with van der Waals surface area (Å²) >= 11 is 0. The molecule has 0 radical (unpaired) electrons. The zero-order valence-electron chi connectivity index (χ0n) is 16.8. The van der Waals surface area contributed by atoms with Gasteiger partial charge in [-0.15, -0.1) is 0 Å². The lowest BCUT2D eigenvalue weighted by Gasteiger charge is -2.30. The zero-order chi connectivity index (χ0) is 21.4. The van der Waals surface area contributed by atoms with Crippen molar-refractivity contribution >= 4 is 34.9 Å². The maximum atomic E-state index is 13.3. The molecule has 7 heteroatoms. The van der Waals surface area contributed by atoms with Crippen molar-refractivity contribution in [2.75, 3.05) is 4.90 Å². The number of para-hydroxylation sites is 2. The molecule has 3 heterocycles. The van der Waals surface area contributed by atoms with Crippen molar-refractivity contribution in [2.24, 2.45) is 12.0 Å². The number of imidazole rings is 1. The first-order valence-electron chi connectivity index (χ1n) is 9.93. The van der Waals surface area contributed by atoms with Gasteiger partial charge in [0.05, 0.1) is 23.5 Å². The van der Waals surface area contributed by atoms with Crippen molar-refractivity contribution in [3.63, 3.8) is 0 Å². The highest BCUT2D eigenvalue weighted by Crippen LogP contribution is 2.31. The van der Waals surface area contributed by atoms with Crippen LogP contribution < -0.4 is 4.90 Å². The van der Waals surface area contributed by atoms with E-state index in [0.29, 0.717) is 23.5 Å². The first-order chi connectivity index (χ1) is 15.1. The summed E-state index contributed by atoms with van der Waals surface area (Å²) in [6.07, 6.45) is 3.17. The quantitative estimate of drug-likeness (QED) is 0.382. The summed E-state index contributed by atoms with van der Waals surface area (Å²) in [6.45, 7) is 0.328. The third-order valence-corrected chi connectivity index (χ3v) is 5.46. The molecule has 1 unspecified atom stereocenters. The SMILES string of the molecule is Cn1c(CN=CC2C(=O)N(c3ccccn3)C(=O)c3ccccc32)nc2ccccc21. The molecule has 2 aromatic carbocycles. The smallest absolute Gasteiger partial charge is 0.266 e. The number of imide groups is 1. The molecule has 0 saturated heterocycles. The number of hydrogen-bond donors (Lipinski definition) is 0. The van der Waals surface area contributed by atoms with E-state index in [1.807, 2.05) is 41.9 Å². The first-order valence-corrected chi connectivity index (χ1v) is 9.93. The second kappa shape index (κ2) is 7.60.